The molecule has 0 unspecified atom stereocenters. The lowest BCUT2D eigenvalue weighted by molar-refractivity contribution is -0.145. The lowest BCUT2D eigenvalue weighted by Crippen LogP contribution is -2.46. The summed E-state index contributed by atoms with van der Waals surface area (Å²) in [5.74, 6) is 0.00780. The largest absolute Gasteiger partial charge is 0.467 e. The van der Waals surface area contributed by atoms with Gasteiger partial charge in [0.05, 0.1) is 7.11 Å². The molecule has 0 saturated heterocycles. The predicted molar refractivity (Wildman–Crippen MR) is 106 cm³/mol. The molecule has 2 aromatic rings. The van der Waals surface area contributed by atoms with Gasteiger partial charge in [-0.25, -0.2) is 4.79 Å². The van der Waals surface area contributed by atoms with E-state index in [-0.39, 0.29) is 11.8 Å². The van der Waals surface area contributed by atoms with Crippen molar-refractivity contribution in [2.45, 2.75) is 38.1 Å². The van der Waals surface area contributed by atoms with E-state index in [1.165, 1.54) is 7.11 Å². The topological polar surface area (TPSA) is 81.4 Å². The van der Waals surface area contributed by atoms with Crippen molar-refractivity contribution < 1.29 is 14.3 Å². The van der Waals surface area contributed by atoms with Gasteiger partial charge in [-0.3, -0.25) is 4.79 Å². The Kier molecular flexibility index (Phi) is 6.45. The molecule has 0 bridgehead atoms. The van der Waals surface area contributed by atoms with E-state index in [1.54, 1.807) is 0 Å². The average Bonchev–Trinajstić information content (AvgIpc) is 2.72. The van der Waals surface area contributed by atoms with Crippen LogP contribution >= 0.6 is 0 Å². The number of ether oxygens (including phenoxy) is 1. The van der Waals surface area contributed by atoms with Crippen LogP contribution in [-0.2, 0) is 20.7 Å². The van der Waals surface area contributed by atoms with Gasteiger partial charge in [-0.15, -0.1) is 0 Å². The number of amides is 1. The SMILES string of the molecule is COC(=O)[C@H](Cc1ccc2ccccc2c1)NC(=O)C1CCC(CN)CC1. The molecule has 2 aromatic carbocycles. The highest BCUT2D eigenvalue weighted by Gasteiger charge is 2.29. The molecule has 5 nitrogen and oxygen atoms in total. The Balaban J connectivity index is 1.68. The molecular formula is C22H28N2O3. The molecule has 27 heavy (non-hydrogen) atoms. The number of carbonyl (C=O) groups excluding carboxylic acids is 2. The summed E-state index contributed by atoms with van der Waals surface area (Å²) in [6, 6.07) is 13.5. The highest BCUT2D eigenvalue weighted by molar-refractivity contribution is 5.86. The smallest absolute Gasteiger partial charge is 0.328 e. The fourth-order valence-electron chi connectivity index (χ4n) is 3.89. The van der Waals surface area contributed by atoms with E-state index < -0.39 is 12.0 Å². The summed E-state index contributed by atoms with van der Waals surface area (Å²) in [4.78, 5) is 24.9. The lowest BCUT2D eigenvalue weighted by Gasteiger charge is -2.28. The Morgan fingerprint density at radius 3 is 2.48 bits per heavy atom. The molecule has 1 saturated carbocycles. The van der Waals surface area contributed by atoms with Crippen molar-refractivity contribution in [1.82, 2.24) is 5.32 Å². The minimum Gasteiger partial charge on any atom is -0.467 e. The van der Waals surface area contributed by atoms with E-state index in [2.05, 4.69) is 17.4 Å². The van der Waals surface area contributed by atoms with Gasteiger partial charge in [0.2, 0.25) is 5.91 Å². The van der Waals surface area contributed by atoms with Crippen molar-refractivity contribution >= 4 is 22.6 Å². The van der Waals surface area contributed by atoms with Gasteiger partial charge in [0.1, 0.15) is 6.04 Å². The van der Waals surface area contributed by atoms with E-state index in [9.17, 15) is 9.59 Å². The monoisotopic (exact) mass is 368 g/mol. The lowest BCUT2D eigenvalue weighted by atomic mass is 9.81. The first-order chi connectivity index (χ1) is 13.1. The van der Waals surface area contributed by atoms with E-state index in [1.807, 2.05) is 30.3 Å². The number of rotatable bonds is 6. The summed E-state index contributed by atoms with van der Waals surface area (Å²) in [5.41, 5.74) is 6.72. The minimum atomic E-state index is -0.670. The van der Waals surface area contributed by atoms with Gasteiger partial charge in [0.25, 0.3) is 0 Å². The van der Waals surface area contributed by atoms with Crippen LogP contribution < -0.4 is 11.1 Å². The normalized spacial score (nSPS) is 20.8. The van der Waals surface area contributed by atoms with Crippen molar-refractivity contribution in [3.63, 3.8) is 0 Å². The highest BCUT2D eigenvalue weighted by Crippen LogP contribution is 2.28. The van der Waals surface area contributed by atoms with Crippen LogP contribution in [0.2, 0.25) is 0 Å². The van der Waals surface area contributed by atoms with Crippen LogP contribution in [0.15, 0.2) is 42.5 Å². The summed E-state index contributed by atoms with van der Waals surface area (Å²) in [7, 11) is 1.36. The molecular weight excluding hydrogens is 340 g/mol. The summed E-state index contributed by atoms with van der Waals surface area (Å²) in [5, 5.41) is 5.19. The third-order valence-electron chi connectivity index (χ3n) is 5.61. The Hall–Kier alpha value is -2.40. The molecule has 0 aromatic heterocycles. The van der Waals surface area contributed by atoms with Crippen LogP contribution in [0.5, 0.6) is 0 Å². The number of nitrogens with one attached hydrogen (secondary N) is 1. The molecule has 5 heteroatoms. The number of hydrogen-bond donors (Lipinski definition) is 2. The predicted octanol–water partition coefficient (Wildman–Crippen LogP) is 2.81. The molecule has 0 heterocycles. The fourth-order valence-corrected chi connectivity index (χ4v) is 3.89. The quantitative estimate of drug-likeness (QED) is 0.768. The van der Waals surface area contributed by atoms with Crippen LogP contribution in [0.4, 0.5) is 0 Å². The van der Waals surface area contributed by atoms with Gasteiger partial charge in [0, 0.05) is 12.3 Å². The van der Waals surface area contributed by atoms with E-state index in [0.29, 0.717) is 18.9 Å². The van der Waals surface area contributed by atoms with Gasteiger partial charge in [-0.05, 0) is 54.5 Å². The van der Waals surface area contributed by atoms with Crippen molar-refractivity contribution in [2.75, 3.05) is 13.7 Å². The van der Waals surface area contributed by atoms with Crippen molar-refractivity contribution in [1.29, 1.82) is 0 Å². The van der Waals surface area contributed by atoms with E-state index >= 15 is 0 Å². The number of carbonyl (C=O) groups is 2. The van der Waals surface area contributed by atoms with Gasteiger partial charge >= 0.3 is 5.97 Å². The Morgan fingerprint density at radius 2 is 1.81 bits per heavy atom. The molecule has 3 N–H and O–H groups in total. The van der Waals surface area contributed by atoms with Gasteiger partial charge < -0.3 is 15.8 Å². The number of fused-ring (bicyclic) bond motifs is 1. The zero-order valence-electron chi connectivity index (χ0n) is 15.8. The molecule has 3 rings (SSSR count). The number of hydrogen-bond acceptors (Lipinski definition) is 4. The summed E-state index contributed by atoms with van der Waals surface area (Å²) < 4.78 is 4.92. The Bertz CT molecular complexity index is 797. The zero-order valence-corrected chi connectivity index (χ0v) is 15.8. The zero-order chi connectivity index (χ0) is 19.2. The van der Waals surface area contributed by atoms with Crippen LogP contribution in [0, 0.1) is 11.8 Å². The van der Waals surface area contributed by atoms with Gasteiger partial charge in [-0.1, -0.05) is 42.5 Å². The third-order valence-corrected chi connectivity index (χ3v) is 5.61. The van der Waals surface area contributed by atoms with Gasteiger partial charge in [-0.2, -0.15) is 0 Å². The maximum Gasteiger partial charge on any atom is 0.328 e. The Labute approximate surface area is 160 Å². The Morgan fingerprint density at radius 1 is 1.11 bits per heavy atom. The summed E-state index contributed by atoms with van der Waals surface area (Å²) >= 11 is 0. The molecule has 0 spiro atoms. The van der Waals surface area contributed by atoms with E-state index in [4.69, 9.17) is 10.5 Å². The molecule has 1 aliphatic rings. The van der Waals surface area contributed by atoms with Gasteiger partial charge in [0.15, 0.2) is 0 Å². The first-order valence-corrected chi connectivity index (χ1v) is 9.66. The minimum absolute atomic E-state index is 0.0449. The molecule has 1 aliphatic carbocycles. The highest BCUT2D eigenvalue weighted by atomic mass is 16.5. The van der Waals surface area contributed by atoms with Crippen molar-refractivity contribution in [3.05, 3.63) is 48.0 Å². The summed E-state index contributed by atoms with van der Waals surface area (Å²) in [6.07, 6.45) is 4.03. The number of benzene rings is 2. The number of nitrogens with two attached hydrogens (primary N) is 1. The maximum absolute atomic E-state index is 12.7. The first kappa shape index (κ1) is 19.4. The molecule has 144 valence electrons. The molecule has 1 amide bonds. The van der Waals surface area contributed by atoms with Crippen LogP contribution in [-0.4, -0.2) is 31.6 Å². The summed E-state index contributed by atoms with van der Waals surface area (Å²) in [6.45, 7) is 0.682. The second-order valence-corrected chi connectivity index (χ2v) is 7.42. The average molecular weight is 368 g/mol. The molecule has 1 atom stereocenters. The van der Waals surface area contributed by atoms with Crippen LogP contribution in [0.3, 0.4) is 0 Å². The molecule has 0 aliphatic heterocycles. The number of methoxy groups -OCH3 is 1. The standard InChI is InChI=1S/C22H28N2O3/c1-27-22(26)20(24-21(25)18-10-6-15(14-23)7-11-18)13-16-8-9-17-4-2-3-5-19(17)12-16/h2-5,8-9,12,15,18,20H,6-7,10-11,13-14,23H2,1H3,(H,24,25)/t15?,18?,20-/m0/s1. The molecule has 1 fully saturated rings. The van der Waals surface area contributed by atoms with E-state index in [0.717, 1.165) is 42.0 Å². The fraction of sp³-hybridized carbons (Fsp3) is 0.455. The number of esters is 1. The van der Waals surface area contributed by atoms with Crippen molar-refractivity contribution in [2.24, 2.45) is 17.6 Å². The first-order valence-electron chi connectivity index (χ1n) is 9.66. The second kappa shape index (κ2) is 9.00. The second-order valence-electron chi connectivity index (χ2n) is 7.42. The van der Waals surface area contributed by atoms with Crippen molar-refractivity contribution in [3.8, 4) is 0 Å². The molecule has 0 radical (unpaired) electrons. The van der Waals surface area contributed by atoms with Crippen LogP contribution in [0.1, 0.15) is 31.2 Å². The third kappa shape index (κ3) is 4.86. The van der Waals surface area contributed by atoms with Crippen LogP contribution in [0.25, 0.3) is 10.8 Å². The maximum atomic E-state index is 12.7.